The van der Waals surface area contributed by atoms with Gasteiger partial charge >= 0.3 is 0 Å². The Morgan fingerprint density at radius 3 is 2.80 bits per heavy atom. The summed E-state index contributed by atoms with van der Waals surface area (Å²) < 4.78 is 0. The van der Waals surface area contributed by atoms with Gasteiger partial charge in [-0.1, -0.05) is 12.1 Å². The molecule has 2 aromatic rings. The van der Waals surface area contributed by atoms with Gasteiger partial charge in [0.2, 0.25) is 0 Å². The summed E-state index contributed by atoms with van der Waals surface area (Å²) in [6.07, 6.45) is 1.02. The number of carbonyl (C=O) groups excluding carboxylic acids is 1. The predicted molar refractivity (Wildman–Crippen MR) is 111 cm³/mol. The van der Waals surface area contributed by atoms with Crippen LogP contribution < -0.4 is 5.32 Å². The van der Waals surface area contributed by atoms with Crippen LogP contribution >= 0.6 is 47.9 Å². The molecule has 1 atom stereocenters. The van der Waals surface area contributed by atoms with Crippen LogP contribution in [-0.4, -0.2) is 42.0 Å². The number of rotatable bonds is 5. The van der Waals surface area contributed by atoms with Crippen LogP contribution in [0.1, 0.15) is 27.5 Å². The lowest BCUT2D eigenvalue weighted by Crippen LogP contribution is -2.38. The second-order valence-electron chi connectivity index (χ2n) is 5.71. The third-order valence-corrected chi connectivity index (χ3v) is 5.99. The molecule has 0 radical (unpaired) electrons. The van der Waals surface area contributed by atoms with Gasteiger partial charge in [-0.2, -0.15) is 0 Å². The lowest BCUT2D eigenvalue weighted by Gasteiger charge is -2.24. The number of likely N-dealkylation sites (N-methyl/N-ethyl adjacent to an activating group) is 1. The Hall–Kier alpha value is -0.790. The van der Waals surface area contributed by atoms with Gasteiger partial charge in [0.25, 0.3) is 5.91 Å². The summed E-state index contributed by atoms with van der Waals surface area (Å²) in [7, 11) is 1.91. The molecule has 2 heterocycles. The highest BCUT2D eigenvalue weighted by Gasteiger charge is 2.25. The lowest BCUT2D eigenvalue weighted by atomic mass is 10.1. The van der Waals surface area contributed by atoms with E-state index in [2.05, 4.69) is 15.7 Å². The number of thioether (sulfide) groups is 1. The van der Waals surface area contributed by atoms with Crippen molar-refractivity contribution in [3.63, 3.8) is 0 Å². The van der Waals surface area contributed by atoms with Crippen LogP contribution in [0.5, 0.6) is 0 Å². The Morgan fingerprint density at radius 1 is 1.40 bits per heavy atom. The molecule has 1 aliphatic heterocycles. The summed E-state index contributed by atoms with van der Waals surface area (Å²) in [6, 6.07) is 8.17. The van der Waals surface area contributed by atoms with Gasteiger partial charge in [-0.3, -0.25) is 4.79 Å². The summed E-state index contributed by atoms with van der Waals surface area (Å²) >= 11 is 3.35. The minimum atomic E-state index is 0. The quantitative estimate of drug-likeness (QED) is 0.743. The lowest BCUT2D eigenvalue weighted by molar-refractivity contribution is 0.0740. The fourth-order valence-electron chi connectivity index (χ4n) is 2.72. The van der Waals surface area contributed by atoms with E-state index in [0.717, 1.165) is 46.4 Å². The topological polar surface area (TPSA) is 45.2 Å². The Morgan fingerprint density at radius 2 is 2.16 bits per heavy atom. The van der Waals surface area contributed by atoms with Gasteiger partial charge < -0.3 is 10.2 Å². The maximum absolute atomic E-state index is 12.8. The van der Waals surface area contributed by atoms with Crippen LogP contribution in [0, 0.1) is 6.92 Å². The van der Waals surface area contributed by atoms with Gasteiger partial charge in [0.15, 0.2) is 0 Å². The van der Waals surface area contributed by atoms with Gasteiger partial charge in [0, 0.05) is 35.7 Å². The third kappa shape index (κ3) is 5.59. The van der Waals surface area contributed by atoms with E-state index < -0.39 is 0 Å². The molecule has 1 N–H and O–H groups in total. The van der Waals surface area contributed by atoms with Gasteiger partial charge in [0.1, 0.15) is 0 Å². The van der Waals surface area contributed by atoms with E-state index >= 15 is 0 Å². The zero-order chi connectivity index (χ0) is 16.2. The van der Waals surface area contributed by atoms with Gasteiger partial charge in [-0.15, -0.1) is 47.9 Å². The molecule has 4 nitrogen and oxygen atoms in total. The zero-order valence-electron chi connectivity index (χ0n) is 14.2. The minimum absolute atomic E-state index is 0. The minimum Gasteiger partial charge on any atom is -0.337 e. The van der Waals surface area contributed by atoms with Crippen LogP contribution in [0.3, 0.4) is 0 Å². The van der Waals surface area contributed by atoms with E-state index in [1.165, 1.54) is 0 Å². The number of hydrogen-bond acceptors (Lipinski definition) is 5. The molecule has 138 valence electrons. The van der Waals surface area contributed by atoms with Crippen LogP contribution in [0.2, 0.25) is 0 Å². The number of carbonyl (C=O) groups is 1. The molecule has 1 fully saturated rings. The molecule has 0 spiro atoms. The first-order valence-corrected chi connectivity index (χ1v) is 9.62. The Labute approximate surface area is 169 Å². The van der Waals surface area contributed by atoms with Crippen molar-refractivity contribution in [1.82, 2.24) is 15.2 Å². The van der Waals surface area contributed by atoms with E-state index in [9.17, 15) is 4.79 Å². The predicted octanol–water partition coefficient (Wildman–Crippen LogP) is 4.02. The van der Waals surface area contributed by atoms with E-state index in [1.54, 1.807) is 23.1 Å². The van der Waals surface area contributed by atoms with Crippen LogP contribution in [0.4, 0.5) is 0 Å². The van der Waals surface area contributed by atoms with Gasteiger partial charge in [-0.25, -0.2) is 4.98 Å². The molecule has 0 bridgehead atoms. The molecule has 0 aliphatic carbocycles. The fourth-order valence-corrected chi connectivity index (χ4v) is 4.38. The Bertz CT molecular complexity index is 690. The number of hydrogen-bond donors (Lipinski definition) is 1. The van der Waals surface area contributed by atoms with Crippen LogP contribution in [0.15, 0.2) is 34.5 Å². The smallest absolute Gasteiger partial charge is 0.255 e. The molecule has 1 amide bonds. The first kappa shape index (κ1) is 22.3. The number of aryl methyl sites for hydroxylation is 1. The average molecular weight is 420 g/mol. The van der Waals surface area contributed by atoms with Crippen LogP contribution in [-0.2, 0) is 5.75 Å². The second kappa shape index (κ2) is 10.4. The molecule has 3 rings (SSSR count). The standard InChI is InChI=1S/C17H21N3OS2.2ClH/c1-12-19-13(10-22-12)11-23-16-6-4-3-5-15(16)17(21)20(2)14-7-8-18-9-14;;/h3-6,10,14,18H,7-9,11H2,1-2H3;2*1H. The van der Waals surface area contributed by atoms with Crippen molar-refractivity contribution in [1.29, 1.82) is 0 Å². The van der Waals surface area contributed by atoms with Crippen molar-refractivity contribution < 1.29 is 4.79 Å². The number of thiazole rings is 1. The third-order valence-electron chi connectivity index (χ3n) is 4.06. The SMILES string of the molecule is Cc1nc(CSc2ccccc2C(=O)N(C)C2CCNC2)cs1.Cl.Cl. The monoisotopic (exact) mass is 419 g/mol. The van der Waals surface area contributed by atoms with Crippen molar-refractivity contribution in [2.24, 2.45) is 0 Å². The highest BCUT2D eigenvalue weighted by Crippen LogP contribution is 2.28. The normalized spacial score (nSPS) is 16.0. The molecule has 8 heteroatoms. The van der Waals surface area contributed by atoms with Gasteiger partial charge in [0.05, 0.1) is 16.3 Å². The molecule has 1 saturated heterocycles. The maximum Gasteiger partial charge on any atom is 0.255 e. The van der Waals surface area contributed by atoms with Crippen molar-refractivity contribution in [3.05, 3.63) is 45.9 Å². The Kier molecular flexibility index (Phi) is 9.24. The summed E-state index contributed by atoms with van der Waals surface area (Å²) in [6.45, 7) is 3.89. The molecule has 1 aromatic heterocycles. The molecule has 1 unspecified atom stereocenters. The number of halogens is 2. The van der Waals surface area contributed by atoms with Gasteiger partial charge in [-0.05, 0) is 32.0 Å². The molecule has 1 aromatic carbocycles. The largest absolute Gasteiger partial charge is 0.337 e. The van der Waals surface area contributed by atoms with E-state index in [-0.39, 0.29) is 30.7 Å². The molecular weight excluding hydrogens is 397 g/mol. The fraction of sp³-hybridized carbons (Fsp3) is 0.412. The molecule has 1 aliphatic rings. The highest BCUT2D eigenvalue weighted by atomic mass is 35.5. The molecular formula is C17H23Cl2N3OS2. The number of nitrogens with zero attached hydrogens (tertiary/aromatic N) is 2. The first-order chi connectivity index (χ1) is 11.1. The van der Waals surface area contributed by atoms with Crippen LogP contribution in [0.25, 0.3) is 0 Å². The van der Waals surface area contributed by atoms with E-state index in [1.807, 2.05) is 43.1 Å². The van der Waals surface area contributed by atoms with Crippen molar-refractivity contribution >= 4 is 53.8 Å². The number of amides is 1. The van der Waals surface area contributed by atoms with E-state index in [0.29, 0.717) is 6.04 Å². The zero-order valence-corrected chi connectivity index (χ0v) is 17.5. The molecule has 0 saturated carbocycles. The van der Waals surface area contributed by atoms with Crippen molar-refractivity contribution in [2.75, 3.05) is 20.1 Å². The number of nitrogens with one attached hydrogen (secondary N) is 1. The number of aromatic nitrogens is 1. The average Bonchev–Trinajstić information content (AvgIpc) is 3.23. The molecule has 25 heavy (non-hydrogen) atoms. The summed E-state index contributed by atoms with van der Waals surface area (Å²) in [5.74, 6) is 0.903. The number of benzene rings is 1. The van der Waals surface area contributed by atoms with Crippen molar-refractivity contribution in [3.8, 4) is 0 Å². The summed E-state index contributed by atoms with van der Waals surface area (Å²) in [4.78, 5) is 20.2. The summed E-state index contributed by atoms with van der Waals surface area (Å²) in [5, 5.41) is 6.49. The summed E-state index contributed by atoms with van der Waals surface area (Å²) in [5.41, 5.74) is 1.87. The van der Waals surface area contributed by atoms with Crippen molar-refractivity contribution in [2.45, 2.75) is 30.0 Å². The Balaban J connectivity index is 0.00000156. The maximum atomic E-state index is 12.8. The van der Waals surface area contributed by atoms with E-state index in [4.69, 9.17) is 0 Å². The highest BCUT2D eigenvalue weighted by molar-refractivity contribution is 7.98. The first-order valence-electron chi connectivity index (χ1n) is 7.76. The second-order valence-corrected chi connectivity index (χ2v) is 7.78.